The predicted molar refractivity (Wildman–Crippen MR) is 31.9 cm³/mol. The molecule has 0 bridgehead atoms. The Labute approximate surface area is 69.7 Å². The van der Waals surface area contributed by atoms with E-state index >= 15 is 0 Å². The molecule has 78 valence electrons. The minimum atomic E-state index is -5.49. The first-order chi connectivity index (χ1) is 5.55. The molecule has 0 saturated heterocycles. The van der Waals surface area contributed by atoms with Crippen molar-refractivity contribution in [2.24, 2.45) is 0 Å². The van der Waals surface area contributed by atoms with E-state index in [1.165, 1.54) is 0 Å². The topological polar surface area (TPSA) is 20.2 Å². The summed E-state index contributed by atoms with van der Waals surface area (Å²) in [5, 5.41) is 8.37. The van der Waals surface area contributed by atoms with Crippen LogP contribution in [0.4, 0.5) is 26.3 Å². The molecule has 0 saturated carbocycles. The average molecular weight is 208 g/mol. The van der Waals surface area contributed by atoms with Crippen LogP contribution in [0.1, 0.15) is 6.92 Å². The van der Waals surface area contributed by atoms with Gasteiger partial charge >= 0.3 is 12.4 Å². The lowest BCUT2D eigenvalue weighted by Crippen LogP contribution is -2.27. The summed E-state index contributed by atoms with van der Waals surface area (Å²) in [6.45, 7) is 0.803. The van der Waals surface area contributed by atoms with Gasteiger partial charge in [-0.15, -0.1) is 0 Å². The van der Waals surface area contributed by atoms with E-state index in [1.807, 2.05) is 0 Å². The lowest BCUT2D eigenvalue weighted by Gasteiger charge is -2.15. The van der Waals surface area contributed by atoms with E-state index in [-0.39, 0.29) is 6.08 Å². The van der Waals surface area contributed by atoms with Gasteiger partial charge in [-0.1, -0.05) is 0 Å². The number of alkyl halides is 6. The SMILES string of the molecule is CC(O)C=C(C(F)(F)F)C(F)(F)F. The molecule has 1 nitrogen and oxygen atoms in total. The molecule has 0 aromatic heterocycles. The van der Waals surface area contributed by atoms with Crippen molar-refractivity contribution in [2.45, 2.75) is 25.4 Å². The minimum Gasteiger partial charge on any atom is -0.389 e. The number of rotatable bonds is 1. The van der Waals surface area contributed by atoms with Gasteiger partial charge in [-0.2, -0.15) is 26.3 Å². The number of aliphatic hydroxyl groups excluding tert-OH is 1. The third kappa shape index (κ3) is 4.16. The van der Waals surface area contributed by atoms with Crippen molar-refractivity contribution in [3.63, 3.8) is 0 Å². The number of halogens is 6. The van der Waals surface area contributed by atoms with Gasteiger partial charge in [-0.3, -0.25) is 0 Å². The molecule has 1 atom stereocenters. The lowest BCUT2D eigenvalue weighted by molar-refractivity contribution is -0.172. The summed E-state index contributed by atoms with van der Waals surface area (Å²) in [4.78, 5) is 0. The van der Waals surface area contributed by atoms with Crippen molar-refractivity contribution in [1.29, 1.82) is 0 Å². The summed E-state index contributed by atoms with van der Waals surface area (Å²) in [5.41, 5.74) is -2.69. The van der Waals surface area contributed by atoms with Crippen molar-refractivity contribution < 1.29 is 31.4 Å². The quantitative estimate of drug-likeness (QED) is 0.518. The van der Waals surface area contributed by atoms with Crippen molar-refractivity contribution in [1.82, 2.24) is 0 Å². The Balaban J connectivity index is 5.01. The Hall–Kier alpha value is -0.720. The van der Waals surface area contributed by atoms with Gasteiger partial charge in [0.25, 0.3) is 0 Å². The van der Waals surface area contributed by atoms with Crippen LogP contribution in [0.5, 0.6) is 0 Å². The number of allylic oxidation sites excluding steroid dienone is 1. The Bertz CT molecular complexity index is 182. The molecule has 0 spiro atoms. The molecule has 0 radical (unpaired) electrons. The van der Waals surface area contributed by atoms with Crippen LogP contribution in [0.3, 0.4) is 0 Å². The van der Waals surface area contributed by atoms with Gasteiger partial charge in [0, 0.05) is 0 Å². The zero-order chi connectivity index (χ0) is 10.9. The average Bonchev–Trinajstić information content (AvgIpc) is 1.77. The van der Waals surface area contributed by atoms with E-state index in [2.05, 4.69) is 0 Å². The molecule has 0 aliphatic carbocycles. The first-order valence-electron chi connectivity index (χ1n) is 3.09. The fourth-order valence-electron chi connectivity index (χ4n) is 0.591. The van der Waals surface area contributed by atoms with E-state index in [0.717, 1.165) is 6.92 Å². The monoisotopic (exact) mass is 208 g/mol. The highest BCUT2D eigenvalue weighted by atomic mass is 19.4. The molecule has 0 aromatic rings. The van der Waals surface area contributed by atoms with Gasteiger partial charge in [0.15, 0.2) is 0 Å². The molecule has 0 fully saturated rings. The van der Waals surface area contributed by atoms with Crippen molar-refractivity contribution in [2.75, 3.05) is 0 Å². The van der Waals surface area contributed by atoms with Gasteiger partial charge in [0.1, 0.15) is 5.57 Å². The minimum absolute atomic E-state index is 0.278. The maximum absolute atomic E-state index is 11.7. The molecular formula is C6H6F6O. The van der Waals surface area contributed by atoms with Gasteiger partial charge in [-0.05, 0) is 13.0 Å². The second kappa shape index (κ2) is 3.57. The molecule has 1 unspecified atom stereocenters. The van der Waals surface area contributed by atoms with Crippen molar-refractivity contribution in [3.8, 4) is 0 Å². The summed E-state index contributed by atoms with van der Waals surface area (Å²) < 4.78 is 70.1. The van der Waals surface area contributed by atoms with Crippen LogP contribution < -0.4 is 0 Å². The smallest absolute Gasteiger partial charge is 0.389 e. The largest absolute Gasteiger partial charge is 0.421 e. The summed E-state index contributed by atoms with van der Waals surface area (Å²) in [7, 11) is 0. The third-order valence-corrected chi connectivity index (χ3v) is 1.02. The normalized spacial score (nSPS) is 15.4. The highest BCUT2D eigenvalue weighted by Gasteiger charge is 2.50. The van der Waals surface area contributed by atoms with E-state index in [9.17, 15) is 26.3 Å². The fourth-order valence-corrected chi connectivity index (χ4v) is 0.591. The van der Waals surface area contributed by atoms with Crippen LogP contribution in [-0.2, 0) is 0 Å². The first kappa shape index (κ1) is 12.3. The van der Waals surface area contributed by atoms with E-state index in [4.69, 9.17) is 5.11 Å². The van der Waals surface area contributed by atoms with Crippen LogP contribution in [0, 0.1) is 0 Å². The molecule has 0 aliphatic rings. The van der Waals surface area contributed by atoms with Crippen molar-refractivity contribution in [3.05, 3.63) is 11.6 Å². The van der Waals surface area contributed by atoms with Gasteiger partial charge < -0.3 is 5.11 Å². The number of hydrogen-bond donors (Lipinski definition) is 1. The van der Waals surface area contributed by atoms with Crippen LogP contribution in [-0.4, -0.2) is 23.6 Å². The molecule has 0 aliphatic heterocycles. The summed E-state index contributed by atoms with van der Waals surface area (Å²) in [5.74, 6) is 0. The highest BCUT2D eigenvalue weighted by Crippen LogP contribution is 2.38. The van der Waals surface area contributed by atoms with Crippen LogP contribution in [0.15, 0.2) is 11.6 Å². The zero-order valence-electron chi connectivity index (χ0n) is 6.37. The molecule has 13 heavy (non-hydrogen) atoms. The first-order valence-corrected chi connectivity index (χ1v) is 3.09. The predicted octanol–water partition coefficient (Wildman–Crippen LogP) is 2.42. The van der Waals surface area contributed by atoms with Gasteiger partial charge in [-0.25, -0.2) is 0 Å². The molecule has 1 N–H and O–H groups in total. The molecular weight excluding hydrogens is 202 g/mol. The van der Waals surface area contributed by atoms with Crippen LogP contribution >= 0.6 is 0 Å². The summed E-state index contributed by atoms with van der Waals surface area (Å²) in [6.07, 6.45) is -13.1. The Morgan fingerprint density at radius 3 is 1.46 bits per heavy atom. The Morgan fingerprint density at radius 1 is 1.08 bits per heavy atom. The summed E-state index contributed by atoms with van der Waals surface area (Å²) >= 11 is 0. The van der Waals surface area contributed by atoms with Gasteiger partial charge in [0.05, 0.1) is 6.10 Å². The fraction of sp³-hybridized carbons (Fsp3) is 0.667. The van der Waals surface area contributed by atoms with E-state index in [1.54, 1.807) is 0 Å². The lowest BCUT2D eigenvalue weighted by atomic mass is 10.2. The number of hydrogen-bond acceptors (Lipinski definition) is 1. The van der Waals surface area contributed by atoms with Crippen LogP contribution in [0.2, 0.25) is 0 Å². The maximum Gasteiger partial charge on any atom is 0.421 e. The second-order valence-corrected chi connectivity index (χ2v) is 2.32. The summed E-state index contributed by atoms with van der Waals surface area (Å²) in [6, 6.07) is 0. The Morgan fingerprint density at radius 2 is 1.38 bits per heavy atom. The van der Waals surface area contributed by atoms with E-state index in [0.29, 0.717) is 0 Å². The maximum atomic E-state index is 11.7. The van der Waals surface area contributed by atoms with Crippen molar-refractivity contribution >= 4 is 0 Å². The van der Waals surface area contributed by atoms with E-state index < -0.39 is 24.0 Å². The molecule has 0 aromatic carbocycles. The van der Waals surface area contributed by atoms with Gasteiger partial charge in [0.2, 0.25) is 0 Å². The molecule has 0 amide bonds. The second-order valence-electron chi connectivity index (χ2n) is 2.32. The Kier molecular flexibility index (Phi) is 3.37. The molecule has 0 rings (SSSR count). The number of aliphatic hydroxyl groups is 1. The highest BCUT2D eigenvalue weighted by molar-refractivity contribution is 5.16. The van der Waals surface area contributed by atoms with Crippen LogP contribution in [0.25, 0.3) is 0 Å². The third-order valence-electron chi connectivity index (χ3n) is 1.02. The zero-order valence-corrected chi connectivity index (χ0v) is 6.37. The molecule has 7 heteroatoms. The standard InChI is InChI=1S/C6H6F6O/c1-3(13)2-4(5(7,8)9)6(10,11)12/h2-3,13H,1H3. The molecule has 0 heterocycles.